The lowest BCUT2D eigenvalue weighted by atomic mass is 10.1. The van der Waals surface area contributed by atoms with Gasteiger partial charge in [-0.25, -0.2) is 4.57 Å². The van der Waals surface area contributed by atoms with E-state index in [4.69, 9.17) is 18.5 Å². The Bertz CT molecular complexity index is 1190. The number of phosphoric ester groups is 1. The Morgan fingerprint density at radius 2 is 0.967 bits per heavy atom. The van der Waals surface area contributed by atoms with Crippen LogP contribution in [0.5, 0.6) is 0 Å². The molecule has 0 amide bonds. The first-order valence-electron chi connectivity index (χ1n) is 24.2. The maximum atomic E-state index is 12.7. The van der Waals surface area contributed by atoms with Crippen LogP contribution in [0.1, 0.15) is 187 Å². The molecular weight excluding hydrogens is 770 g/mol. The Hall–Kier alpha value is -2.06. The van der Waals surface area contributed by atoms with Crippen molar-refractivity contribution in [2.75, 3.05) is 54.1 Å². The van der Waals surface area contributed by atoms with Crippen LogP contribution in [0.15, 0.2) is 72.9 Å². The van der Waals surface area contributed by atoms with Gasteiger partial charge in [0.15, 0.2) is 0 Å². The van der Waals surface area contributed by atoms with Gasteiger partial charge in [0, 0.05) is 13.0 Å². The highest BCUT2D eigenvalue weighted by atomic mass is 31.2. The van der Waals surface area contributed by atoms with Gasteiger partial charge in [-0.15, -0.1) is 0 Å². The predicted octanol–water partition coefficient (Wildman–Crippen LogP) is 14.7. The maximum absolute atomic E-state index is 12.7. The summed E-state index contributed by atoms with van der Waals surface area (Å²) in [7, 11) is 1.63. The molecular formula is C51H93NO7P+. The molecule has 0 spiro atoms. The van der Waals surface area contributed by atoms with Crippen molar-refractivity contribution in [1.82, 2.24) is 0 Å². The molecule has 1 N–H and O–H groups in total. The summed E-state index contributed by atoms with van der Waals surface area (Å²) >= 11 is 0. The lowest BCUT2D eigenvalue weighted by Gasteiger charge is -2.24. The van der Waals surface area contributed by atoms with E-state index in [1.807, 2.05) is 21.1 Å². The van der Waals surface area contributed by atoms with E-state index in [2.05, 4.69) is 86.8 Å². The molecule has 0 saturated heterocycles. The first kappa shape index (κ1) is 57.9. The average molecular weight is 863 g/mol. The van der Waals surface area contributed by atoms with Crippen LogP contribution >= 0.6 is 7.82 Å². The Morgan fingerprint density at radius 3 is 1.47 bits per heavy atom. The predicted molar refractivity (Wildman–Crippen MR) is 256 cm³/mol. The van der Waals surface area contributed by atoms with Crippen molar-refractivity contribution < 1.29 is 37.3 Å². The van der Waals surface area contributed by atoms with Crippen LogP contribution in [-0.4, -0.2) is 75.6 Å². The number of nitrogens with zero attached hydrogens (tertiary/aromatic N) is 1. The van der Waals surface area contributed by atoms with Crippen molar-refractivity contribution in [3.05, 3.63) is 72.9 Å². The summed E-state index contributed by atoms with van der Waals surface area (Å²) in [6, 6.07) is 0. The summed E-state index contributed by atoms with van der Waals surface area (Å²) in [5.41, 5.74) is 0. The topological polar surface area (TPSA) is 91.3 Å². The summed E-state index contributed by atoms with van der Waals surface area (Å²) in [5.74, 6) is -0.347. The van der Waals surface area contributed by atoms with E-state index in [1.54, 1.807) is 0 Å². The zero-order chi connectivity index (χ0) is 44.1. The lowest BCUT2D eigenvalue weighted by Crippen LogP contribution is -2.37. The SMILES string of the molecule is CC/C=C\C/C=C\C/C=C\C/C=C\C/C=C\CCCCCC(=O)OC(COCCCCCCCCCC/C=C\CCCCCCCCC)COP(=O)(O)OCC[N+](C)(C)C. The number of ether oxygens (including phenoxy) is 2. The number of allylic oxidation sites excluding steroid dienone is 12. The number of carbonyl (C=O) groups excluding carboxylic acids is 1. The minimum absolute atomic E-state index is 0.0780. The molecule has 0 aliphatic carbocycles. The summed E-state index contributed by atoms with van der Waals surface area (Å²) in [4.78, 5) is 22.9. The molecule has 0 radical (unpaired) electrons. The fourth-order valence-corrected chi connectivity index (χ4v) is 7.02. The van der Waals surface area contributed by atoms with Crippen molar-refractivity contribution in [2.24, 2.45) is 0 Å². The smallest absolute Gasteiger partial charge is 0.457 e. The van der Waals surface area contributed by atoms with Crippen molar-refractivity contribution >= 4 is 13.8 Å². The third-order valence-corrected chi connectivity index (χ3v) is 11.0. The third-order valence-electron chi connectivity index (χ3n) is 10.0. The number of carbonyl (C=O) groups is 1. The second kappa shape index (κ2) is 43.6. The van der Waals surface area contributed by atoms with Crippen LogP contribution < -0.4 is 0 Å². The first-order chi connectivity index (χ1) is 29.1. The maximum Gasteiger partial charge on any atom is 0.472 e. The van der Waals surface area contributed by atoms with Crippen LogP contribution in [0, 0.1) is 0 Å². The summed E-state index contributed by atoms with van der Waals surface area (Å²) in [6.07, 6.45) is 56.6. The minimum Gasteiger partial charge on any atom is -0.457 e. The highest BCUT2D eigenvalue weighted by Gasteiger charge is 2.26. The van der Waals surface area contributed by atoms with Gasteiger partial charge in [-0.05, 0) is 83.5 Å². The van der Waals surface area contributed by atoms with Crippen LogP contribution in [0.4, 0.5) is 0 Å². The van der Waals surface area contributed by atoms with Gasteiger partial charge in [-0.2, -0.15) is 0 Å². The third kappa shape index (κ3) is 47.0. The normalized spacial score (nSPS) is 14.3. The molecule has 60 heavy (non-hydrogen) atoms. The van der Waals surface area contributed by atoms with Gasteiger partial charge in [0.1, 0.15) is 19.3 Å². The number of hydrogen-bond acceptors (Lipinski definition) is 6. The summed E-state index contributed by atoms with van der Waals surface area (Å²) in [6.45, 7) is 5.45. The Morgan fingerprint density at radius 1 is 0.533 bits per heavy atom. The first-order valence-corrected chi connectivity index (χ1v) is 25.7. The molecule has 0 aromatic heterocycles. The van der Waals surface area contributed by atoms with E-state index in [9.17, 15) is 14.3 Å². The van der Waals surface area contributed by atoms with Crippen molar-refractivity contribution in [2.45, 2.75) is 193 Å². The molecule has 0 aromatic carbocycles. The van der Waals surface area contributed by atoms with E-state index in [0.717, 1.165) is 70.6 Å². The fourth-order valence-electron chi connectivity index (χ4n) is 6.28. The van der Waals surface area contributed by atoms with E-state index in [1.165, 1.54) is 96.3 Å². The van der Waals surface area contributed by atoms with Crippen molar-refractivity contribution in [1.29, 1.82) is 0 Å². The average Bonchev–Trinajstić information content (AvgIpc) is 3.20. The number of hydrogen-bond donors (Lipinski definition) is 1. The molecule has 0 heterocycles. The van der Waals surface area contributed by atoms with E-state index in [-0.39, 0.29) is 32.2 Å². The van der Waals surface area contributed by atoms with E-state index in [0.29, 0.717) is 17.6 Å². The quantitative estimate of drug-likeness (QED) is 0.0214. The molecule has 0 aliphatic rings. The Labute approximate surface area is 370 Å². The van der Waals surface area contributed by atoms with Gasteiger partial charge in [0.2, 0.25) is 0 Å². The van der Waals surface area contributed by atoms with Crippen LogP contribution in [0.2, 0.25) is 0 Å². The molecule has 0 aromatic rings. The van der Waals surface area contributed by atoms with E-state index >= 15 is 0 Å². The molecule has 8 nitrogen and oxygen atoms in total. The molecule has 0 bridgehead atoms. The zero-order valence-corrected chi connectivity index (χ0v) is 40.3. The number of rotatable bonds is 44. The molecule has 0 rings (SSSR count). The van der Waals surface area contributed by atoms with Gasteiger partial charge >= 0.3 is 13.8 Å². The van der Waals surface area contributed by atoms with Crippen molar-refractivity contribution in [3.8, 4) is 0 Å². The number of likely N-dealkylation sites (N-methyl/N-ethyl adjacent to an activating group) is 1. The summed E-state index contributed by atoms with van der Waals surface area (Å²) < 4.78 is 35.1. The zero-order valence-electron chi connectivity index (χ0n) is 39.4. The lowest BCUT2D eigenvalue weighted by molar-refractivity contribution is -0.870. The van der Waals surface area contributed by atoms with Crippen molar-refractivity contribution in [3.63, 3.8) is 0 Å². The number of phosphoric acid groups is 1. The number of unbranched alkanes of at least 4 members (excludes halogenated alkanes) is 18. The van der Waals surface area contributed by atoms with Gasteiger partial charge < -0.3 is 18.9 Å². The largest absolute Gasteiger partial charge is 0.472 e. The molecule has 348 valence electrons. The van der Waals surface area contributed by atoms with Gasteiger partial charge in [0.05, 0.1) is 34.4 Å². The van der Waals surface area contributed by atoms with Gasteiger partial charge in [-0.1, -0.05) is 170 Å². The molecule has 0 fully saturated rings. The van der Waals surface area contributed by atoms with Crippen LogP contribution in [0.3, 0.4) is 0 Å². The molecule has 2 atom stereocenters. The highest BCUT2D eigenvalue weighted by Crippen LogP contribution is 2.43. The molecule has 0 saturated carbocycles. The Balaban J connectivity index is 4.27. The second-order valence-electron chi connectivity index (χ2n) is 17.1. The molecule has 9 heteroatoms. The Kier molecular flexibility index (Phi) is 42.1. The van der Waals surface area contributed by atoms with E-state index < -0.39 is 13.9 Å². The number of quaternary nitrogens is 1. The van der Waals surface area contributed by atoms with Gasteiger partial charge in [0.25, 0.3) is 0 Å². The van der Waals surface area contributed by atoms with Crippen LogP contribution in [0.25, 0.3) is 0 Å². The van der Waals surface area contributed by atoms with Crippen LogP contribution in [-0.2, 0) is 27.9 Å². The highest BCUT2D eigenvalue weighted by molar-refractivity contribution is 7.47. The monoisotopic (exact) mass is 863 g/mol. The standard InChI is InChI=1S/C51H92NO7P/c1-6-8-10-12-14-16-18-20-22-24-26-28-30-32-34-36-38-40-42-44-51(53)59-50(49-58-60(54,55)57-47-45-52(3,4)5)48-56-46-43-41-39-37-35-33-31-29-27-25-23-21-19-17-15-13-11-9-7-2/h8,10,14,16,20,22-23,25-26,28,32,34,50H,6-7,9,11-13,15,17-19,21,24,27,29-31,33,35-49H2,1-5H3/p+1/b10-8-,16-14-,22-20-,25-23-,28-26-,34-32-. The minimum atomic E-state index is -4.29. The molecule has 0 aliphatic heterocycles. The number of esters is 1. The summed E-state index contributed by atoms with van der Waals surface area (Å²) in [5, 5.41) is 0. The molecule has 2 unspecified atom stereocenters. The second-order valence-corrected chi connectivity index (χ2v) is 18.6. The van der Waals surface area contributed by atoms with Gasteiger partial charge in [-0.3, -0.25) is 13.8 Å². The fraction of sp³-hybridized carbons (Fsp3) is 0.745.